The van der Waals surface area contributed by atoms with Gasteiger partial charge in [0.25, 0.3) is 5.56 Å². The summed E-state index contributed by atoms with van der Waals surface area (Å²) in [5, 5.41) is 7.21. The summed E-state index contributed by atoms with van der Waals surface area (Å²) in [5.41, 5.74) is 2.29. The number of hydrogen-bond acceptors (Lipinski definition) is 7. The van der Waals surface area contributed by atoms with Gasteiger partial charge in [0.1, 0.15) is 4.70 Å². The van der Waals surface area contributed by atoms with Crippen LogP contribution in [-0.4, -0.2) is 46.4 Å². The topological polar surface area (TPSA) is 102 Å². The van der Waals surface area contributed by atoms with Crippen LogP contribution < -0.4 is 16.2 Å². The quantitative estimate of drug-likeness (QED) is 0.128. The first-order valence-corrected chi connectivity index (χ1v) is 14.9. The molecular formula is C29H34N4O4S2. The fourth-order valence-electron chi connectivity index (χ4n) is 4.12. The van der Waals surface area contributed by atoms with Crippen molar-refractivity contribution in [2.24, 2.45) is 0 Å². The number of anilines is 1. The normalized spacial score (nSPS) is 11.4. The summed E-state index contributed by atoms with van der Waals surface area (Å²) >= 11 is 2.65. The van der Waals surface area contributed by atoms with Crippen LogP contribution in [0.4, 0.5) is 5.69 Å². The van der Waals surface area contributed by atoms with Gasteiger partial charge in [0.2, 0.25) is 11.8 Å². The average molecular weight is 567 g/mol. The Morgan fingerprint density at radius 1 is 1.10 bits per heavy atom. The average Bonchev–Trinajstić information content (AvgIpc) is 3.27. The molecule has 4 rings (SSSR count). The maximum Gasteiger partial charge on any atom is 0.272 e. The number of carbonyl (C=O) groups is 2. The molecule has 10 heteroatoms. The number of nitrogens with one attached hydrogen (secondary N) is 2. The maximum absolute atomic E-state index is 13.6. The van der Waals surface area contributed by atoms with Crippen LogP contribution in [0.5, 0.6) is 0 Å². The Kier molecular flexibility index (Phi) is 10.1. The standard InChI is InChI=1S/C29H34N4O4S2/c1-19(2)37-16-8-14-30-24(34)13-7-15-33-28(36)27-26(22-11-4-5-12-23(22)39-27)32-29(33)38-18-25(35)31-21-10-6-9-20(3)17-21/h4-6,9-12,17,19H,7-8,13-16,18H2,1-3H3,(H,30,34)(H,31,35). The van der Waals surface area contributed by atoms with Gasteiger partial charge >= 0.3 is 0 Å². The highest BCUT2D eigenvalue weighted by Crippen LogP contribution is 2.32. The largest absolute Gasteiger partial charge is 0.379 e. The van der Waals surface area contributed by atoms with E-state index in [-0.39, 0.29) is 29.2 Å². The van der Waals surface area contributed by atoms with Crippen LogP contribution in [0.2, 0.25) is 0 Å². The van der Waals surface area contributed by atoms with Crippen molar-refractivity contribution in [3.63, 3.8) is 0 Å². The van der Waals surface area contributed by atoms with Crippen LogP contribution in [0.15, 0.2) is 58.5 Å². The highest BCUT2D eigenvalue weighted by Gasteiger charge is 2.17. The first-order valence-electron chi connectivity index (χ1n) is 13.1. The number of carbonyl (C=O) groups excluding carboxylic acids is 2. The van der Waals surface area contributed by atoms with E-state index in [4.69, 9.17) is 9.72 Å². The summed E-state index contributed by atoms with van der Waals surface area (Å²) in [7, 11) is 0. The van der Waals surface area contributed by atoms with Crippen LogP contribution in [0, 0.1) is 6.92 Å². The molecule has 0 saturated carbocycles. The van der Waals surface area contributed by atoms with E-state index < -0.39 is 0 Å². The Balaban J connectivity index is 1.46. The highest BCUT2D eigenvalue weighted by molar-refractivity contribution is 7.99. The van der Waals surface area contributed by atoms with E-state index >= 15 is 0 Å². The number of rotatable bonds is 13. The predicted octanol–water partition coefficient (Wildman–Crippen LogP) is 5.36. The predicted molar refractivity (Wildman–Crippen MR) is 160 cm³/mol. The lowest BCUT2D eigenvalue weighted by Gasteiger charge is -2.12. The van der Waals surface area contributed by atoms with E-state index in [2.05, 4.69) is 10.6 Å². The number of hydrogen-bond donors (Lipinski definition) is 2. The van der Waals surface area contributed by atoms with Gasteiger partial charge in [-0.25, -0.2) is 4.98 Å². The third kappa shape index (κ3) is 7.90. The molecule has 2 heterocycles. The molecule has 0 bridgehead atoms. The Hall–Kier alpha value is -3.21. The number of aryl methyl sites for hydroxylation is 1. The number of ether oxygens (including phenoxy) is 1. The molecule has 2 aromatic carbocycles. The van der Waals surface area contributed by atoms with Gasteiger partial charge in [0.05, 0.1) is 17.4 Å². The van der Waals surface area contributed by atoms with Gasteiger partial charge in [-0.3, -0.25) is 19.0 Å². The molecule has 0 spiro atoms. The molecule has 0 atom stereocenters. The minimum atomic E-state index is -0.178. The molecule has 4 aromatic rings. The number of thioether (sulfide) groups is 1. The van der Waals surface area contributed by atoms with Crippen LogP contribution in [0.25, 0.3) is 20.3 Å². The Morgan fingerprint density at radius 2 is 1.92 bits per heavy atom. The molecule has 0 aliphatic rings. The van der Waals surface area contributed by atoms with Crippen molar-refractivity contribution < 1.29 is 14.3 Å². The second-order valence-corrected chi connectivity index (χ2v) is 11.6. The van der Waals surface area contributed by atoms with E-state index in [1.165, 1.54) is 23.1 Å². The second kappa shape index (κ2) is 13.7. The third-order valence-electron chi connectivity index (χ3n) is 5.96. The number of fused-ring (bicyclic) bond motifs is 3. The SMILES string of the molecule is Cc1cccc(NC(=O)CSc2nc3c(sc4ccccc43)c(=O)n2CCCC(=O)NCCCOC(C)C)c1. The van der Waals surface area contributed by atoms with Crippen molar-refractivity contribution in [3.05, 3.63) is 64.4 Å². The van der Waals surface area contributed by atoms with Crippen molar-refractivity contribution in [1.82, 2.24) is 14.9 Å². The molecule has 0 unspecified atom stereocenters. The van der Waals surface area contributed by atoms with Crippen LogP contribution >= 0.6 is 23.1 Å². The summed E-state index contributed by atoms with van der Waals surface area (Å²) in [4.78, 5) is 43.4. The summed E-state index contributed by atoms with van der Waals surface area (Å²) in [6, 6.07) is 15.4. The van der Waals surface area contributed by atoms with Crippen LogP contribution in [-0.2, 0) is 20.9 Å². The molecule has 2 N–H and O–H groups in total. The van der Waals surface area contributed by atoms with Gasteiger partial charge < -0.3 is 15.4 Å². The summed E-state index contributed by atoms with van der Waals surface area (Å²) in [5.74, 6) is -0.134. The first-order chi connectivity index (χ1) is 18.8. The monoisotopic (exact) mass is 566 g/mol. The third-order valence-corrected chi connectivity index (χ3v) is 8.09. The van der Waals surface area contributed by atoms with Gasteiger partial charge in [0, 0.05) is 41.9 Å². The molecule has 2 aromatic heterocycles. The minimum absolute atomic E-state index is 0.0600. The summed E-state index contributed by atoms with van der Waals surface area (Å²) in [6.45, 7) is 7.42. The number of aromatic nitrogens is 2. The van der Waals surface area contributed by atoms with Gasteiger partial charge in [-0.05, 0) is 57.4 Å². The van der Waals surface area contributed by atoms with Crippen molar-refractivity contribution in [2.45, 2.75) is 57.8 Å². The molecule has 206 valence electrons. The Labute approximate surface area is 236 Å². The van der Waals surface area contributed by atoms with Crippen molar-refractivity contribution in [1.29, 1.82) is 0 Å². The van der Waals surface area contributed by atoms with Crippen molar-refractivity contribution >= 4 is 60.9 Å². The molecule has 0 aliphatic heterocycles. The molecule has 0 aliphatic carbocycles. The molecule has 0 saturated heterocycles. The van der Waals surface area contributed by atoms with Crippen molar-refractivity contribution in [3.8, 4) is 0 Å². The molecule has 39 heavy (non-hydrogen) atoms. The molecular weight excluding hydrogens is 532 g/mol. The van der Waals surface area contributed by atoms with E-state index in [1.54, 1.807) is 4.57 Å². The lowest BCUT2D eigenvalue weighted by atomic mass is 10.2. The number of benzene rings is 2. The van der Waals surface area contributed by atoms with Gasteiger partial charge in [-0.1, -0.05) is 42.1 Å². The second-order valence-electron chi connectivity index (χ2n) is 9.56. The number of thiophene rings is 1. The summed E-state index contributed by atoms with van der Waals surface area (Å²) < 4.78 is 8.67. The van der Waals surface area contributed by atoms with Crippen molar-refractivity contribution in [2.75, 3.05) is 24.2 Å². The molecule has 2 amide bonds. The van der Waals surface area contributed by atoms with Crippen LogP contribution in [0.3, 0.4) is 0 Å². The summed E-state index contributed by atoms with van der Waals surface area (Å²) in [6.07, 6.45) is 1.70. The maximum atomic E-state index is 13.6. The zero-order valence-electron chi connectivity index (χ0n) is 22.5. The van der Waals surface area contributed by atoms with Gasteiger partial charge in [-0.15, -0.1) is 11.3 Å². The van der Waals surface area contributed by atoms with E-state index in [0.717, 1.165) is 27.8 Å². The lowest BCUT2D eigenvalue weighted by Crippen LogP contribution is -2.27. The highest BCUT2D eigenvalue weighted by atomic mass is 32.2. The van der Waals surface area contributed by atoms with Gasteiger partial charge in [-0.2, -0.15) is 0 Å². The molecule has 0 fully saturated rings. The molecule has 0 radical (unpaired) electrons. The van der Waals surface area contributed by atoms with Gasteiger partial charge in [0.15, 0.2) is 5.16 Å². The van der Waals surface area contributed by atoms with Crippen LogP contribution in [0.1, 0.15) is 38.7 Å². The fourth-order valence-corrected chi connectivity index (χ4v) is 6.02. The zero-order valence-corrected chi connectivity index (χ0v) is 24.1. The lowest BCUT2D eigenvalue weighted by molar-refractivity contribution is -0.121. The molecule has 8 nitrogen and oxygen atoms in total. The first kappa shape index (κ1) is 28.8. The Bertz CT molecular complexity index is 1510. The number of amides is 2. The van der Waals surface area contributed by atoms with E-state index in [9.17, 15) is 14.4 Å². The smallest absolute Gasteiger partial charge is 0.272 e. The van der Waals surface area contributed by atoms with E-state index in [0.29, 0.717) is 47.9 Å². The fraction of sp³-hybridized carbons (Fsp3) is 0.379. The minimum Gasteiger partial charge on any atom is -0.379 e. The van der Waals surface area contributed by atoms with E-state index in [1.807, 2.05) is 69.3 Å². The number of nitrogens with zero attached hydrogens (tertiary/aromatic N) is 2. The Morgan fingerprint density at radius 3 is 2.72 bits per heavy atom. The zero-order chi connectivity index (χ0) is 27.8.